The molecular weight excluding hydrogens is 178 g/mol. The van der Waals surface area contributed by atoms with Gasteiger partial charge in [-0.1, -0.05) is 13.8 Å². The van der Waals surface area contributed by atoms with E-state index in [2.05, 4.69) is 18.7 Å². The molecule has 0 fully saturated rings. The molecule has 0 bridgehead atoms. The molecule has 0 rings (SSSR count). The van der Waals surface area contributed by atoms with Crippen molar-refractivity contribution in [2.24, 2.45) is 5.92 Å². The van der Waals surface area contributed by atoms with Crippen molar-refractivity contribution >= 4 is 5.78 Å². The van der Waals surface area contributed by atoms with Gasteiger partial charge in [-0.2, -0.15) is 0 Å². The number of ether oxygens (including phenoxy) is 1. The van der Waals surface area contributed by atoms with E-state index >= 15 is 0 Å². The van der Waals surface area contributed by atoms with Crippen LogP contribution in [0.15, 0.2) is 0 Å². The lowest BCUT2D eigenvalue weighted by Crippen LogP contribution is -2.39. The van der Waals surface area contributed by atoms with Crippen LogP contribution in [0.2, 0.25) is 0 Å². The van der Waals surface area contributed by atoms with E-state index in [4.69, 9.17) is 4.74 Å². The van der Waals surface area contributed by atoms with Gasteiger partial charge in [0, 0.05) is 25.6 Å². The predicted molar refractivity (Wildman–Crippen MR) is 58.4 cm³/mol. The third kappa shape index (κ3) is 5.35. The van der Waals surface area contributed by atoms with E-state index in [-0.39, 0.29) is 5.92 Å². The Hall–Kier alpha value is -0.410. The van der Waals surface area contributed by atoms with Crippen LogP contribution in [0.3, 0.4) is 0 Å². The number of methoxy groups -OCH3 is 1. The zero-order valence-electron chi connectivity index (χ0n) is 10.0. The molecule has 0 aromatic heterocycles. The first-order chi connectivity index (χ1) is 6.49. The second-order valence-electron chi connectivity index (χ2n) is 4.18. The highest BCUT2D eigenvalue weighted by Crippen LogP contribution is 2.02. The summed E-state index contributed by atoms with van der Waals surface area (Å²) >= 11 is 0. The quantitative estimate of drug-likeness (QED) is 0.626. The molecule has 3 nitrogen and oxygen atoms in total. The van der Waals surface area contributed by atoms with Crippen molar-refractivity contribution in [3.05, 3.63) is 0 Å². The molecule has 0 aliphatic carbocycles. The first-order valence-electron chi connectivity index (χ1n) is 5.24. The second-order valence-corrected chi connectivity index (χ2v) is 4.18. The molecule has 0 amide bonds. The number of rotatable bonds is 7. The van der Waals surface area contributed by atoms with Gasteiger partial charge in [0.05, 0.1) is 13.2 Å². The fourth-order valence-corrected chi connectivity index (χ4v) is 1.11. The van der Waals surface area contributed by atoms with Crippen LogP contribution in [0.1, 0.15) is 27.7 Å². The molecule has 0 heterocycles. The van der Waals surface area contributed by atoms with Crippen LogP contribution in [0, 0.1) is 5.92 Å². The van der Waals surface area contributed by atoms with Gasteiger partial charge >= 0.3 is 0 Å². The van der Waals surface area contributed by atoms with E-state index in [9.17, 15) is 4.79 Å². The van der Waals surface area contributed by atoms with E-state index < -0.39 is 0 Å². The maximum atomic E-state index is 11.5. The molecule has 0 saturated carbocycles. The minimum Gasteiger partial charge on any atom is -0.383 e. The van der Waals surface area contributed by atoms with Gasteiger partial charge in [0.25, 0.3) is 0 Å². The van der Waals surface area contributed by atoms with Gasteiger partial charge in [-0.25, -0.2) is 0 Å². The number of ketones is 1. The van der Waals surface area contributed by atoms with Crippen molar-refractivity contribution in [3.63, 3.8) is 0 Å². The average molecular weight is 201 g/mol. The fourth-order valence-electron chi connectivity index (χ4n) is 1.11. The van der Waals surface area contributed by atoms with Crippen LogP contribution in [0.4, 0.5) is 0 Å². The monoisotopic (exact) mass is 201 g/mol. The average Bonchev–Trinajstić information content (AvgIpc) is 2.10. The summed E-state index contributed by atoms with van der Waals surface area (Å²) < 4.78 is 5.01. The number of carbonyl (C=O) groups excluding carboxylic acids is 1. The topological polar surface area (TPSA) is 29.5 Å². The Balaban J connectivity index is 4.02. The summed E-state index contributed by atoms with van der Waals surface area (Å²) in [4.78, 5) is 13.7. The van der Waals surface area contributed by atoms with Gasteiger partial charge in [-0.3, -0.25) is 9.69 Å². The lowest BCUT2D eigenvalue weighted by atomic mass is 10.1. The van der Waals surface area contributed by atoms with Gasteiger partial charge in [-0.05, 0) is 13.8 Å². The molecule has 84 valence electrons. The second kappa shape index (κ2) is 6.96. The van der Waals surface area contributed by atoms with Gasteiger partial charge < -0.3 is 4.74 Å². The molecule has 3 heteroatoms. The molecule has 0 atom stereocenters. The van der Waals surface area contributed by atoms with Crippen LogP contribution in [0.25, 0.3) is 0 Å². The lowest BCUT2D eigenvalue weighted by molar-refractivity contribution is -0.123. The van der Waals surface area contributed by atoms with Crippen LogP contribution in [-0.2, 0) is 9.53 Å². The molecule has 0 aliphatic heterocycles. The van der Waals surface area contributed by atoms with Crippen molar-refractivity contribution in [3.8, 4) is 0 Å². The third-order valence-corrected chi connectivity index (χ3v) is 2.32. The van der Waals surface area contributed by atoms with Crippen LogP contribution in [-0.4, -0.2) is 43.5 Å². The number of carbonyl (C=O) groups is 1. The molecule has 14 heavy (non-hydrogen) atoms. The van der Waals surface area contributed by atoms with E-state index in [1.54, 1.807) is 7.11 Å². The molecule has 0 unspecified atom stereocenters. The minimum atomic E-state index is 0.124. The highest BCUT2D eigenvalue weighted by atomic mass is 16.5. The molecule has 0 saturated heterocycles. The Morgan fingerprint density at radius 3 is 2.21 bits per heavy atom. The zero-order chi connectivity index (χ0) is 11.1. The van der Waals surface area contributed by atoms with Gasteiger partial charge in [0.1, 0.15) is 5.78 Å². The smallest absolute Gasteiger partial charge is 0.149 e. The fraction of sp³-hybridized carbons (Fsp3) is 0.909. The molecule has 0 aromatic rings. The number of Topliss-reactive ketones (excluding diaryl/α,β-unsaturated/α-hetero) is 1. The third-order valence-electron chi connectivity index (χ3n) is 2.32. The summed E-state index contributed by atoms with van der Waals surface area (Å²) in [5.74, 6) is 0.425. The maximum absolute atomic E-state index is 11.5. The molecule has 0 aromatic carbocycles. The number of nitrogens with zero attached hydrogens (tertiary/aromatic N) is 1. The first-order valence-corrected chi connectivity index (χ1v) is 5.24. The Morgan fingerprint density at radius 2 is 1.86 bits per heavy atom. The summed E-state index contributed by atoms with van der Waals surface area (Å²) in [6.07, 6.45) is 0. The minimum absolute atomic E-state index is 0.124. The van der Waals surface area contributed by atoms with Gasteiger partial charge in [0.2, 0.25) is 0 Å². The van der Waals surface area contributed by atoms with Crippen molar-refractivity contribution in [2.75, 3.05) is 26.8 Å². The van der Waals surface area contributed by atoms with E-state index in [1.165, 1.54) is 0 Å². The molecule has 0 aliphatic rings. The lowest BCUT2D eigenvalue weighted by Gasteiger charge is -2.25. The Bertz CT molecular complexity index is 167. The first kappa shape index (κ1) is 13.6. The summed E-state index contributed by atoms with van der Waals surface area (Å²) in [6, 6.07) is 0.396. The SMILES string of the molecule is COCCN(CC(=O)C(C)C)C(C)C. The standard InChI is InChI=1S/C11H23NO2/c1-9(2)11(13)8-12(10(3)4)6-7-14-5/h9-10H,6-8H2,1-5H3. The maximum Gasteiger partial charge on any atom is 0.149 e. The van der Waals surface area contributed by atoms with Crippen molar-refractivity contribution in [1.82, 2.24) is 4.90 Å². The van der Waals surface area contributed by atoms with Crippen LogP contribution >= 0.6 is 0 Å². The summed E-state index contributed by atoms with van der Waals surface area (Å²) in [6.45, 7) is 10.1. The number of hydrogen-bond donors (Lipinski definition) is 0. The zero-order valence-corrected chi connectivity index (χ0v) is 10.0. The molecule has 0 radical (unpaired) electrons. The van der Waals surface area contributed by atoms with Crippen LogP contribution in [0.5, 0.6) is 0 Å². The normalized spacial score (nSPS) is 11.7. The highest BCUT2D eigenvalue weighted by Gasteiger charge is 2.15. The molecule has 0 N–H and O–H groups in total. The Labute approximate surface area is 87.4 Å². The van der Waals surface area contributed by atoms with Crippen molar-refractivity contribution < 1.29 is 9.53 Å². The Morgan fingerprint density at radius 1 is 1.29 bits per heavy atom. The van der Waals surface area contributed by atoms with Crippen molar-refractivity contribution in [2.45, 2.75) is 33.7 Å². The Kier molecular flexibility index (Phi) is 6.75. The number of hydrogen-bond acceptors (Lipinski definition) is 3. The van der Waals surface area contributed by atoms with E-state index in [1.807, 2.05) is 13.8 Å². The molecule has 0 spiro atoms. The predicted octanol–water partition coefficient (Wildman–Crippen LogP) is 1.57. The summed E-state index contributed by atoms with van der Waals surface area (Å²) in [7, 11) is 1.68. The van der Waals surface area contributed by atoms with Gasteiger partial charge in [-0.15, -0.1) is 0 Å². The van der Waals surface area contributed by atoms with Gasteiger partial charge in [0.15, 0.2) is 0 Å². The van der Waals surface area contributed by atoms with Crippen molar-refractivity contribution in [1.29, 1.82) is 0 Å². The molecular formula is C11H23NO2. The highest BCUT2D eigenvalue weighted by molar-refractivity contribution is 5.82. The van der Waals surface area contributed by atoms with E-state index in [0.717, 1.165) is 6.54 Å². The summed E-state index contributed by atoms with van der Waals surface area (Å²) in [5.41, 5.74) is 0. The largest absolute Gasteiger partial charge is 0.383 e. The van der Waals surface area contributed by atoms with E-state index in [0.29, 0.717) is 25.0 Å². The van der Waals surface area contributed by atoms with Crippen LogP contribution < -0.4 is 0 Å². The summed E-state index contributed by atoms with van der Waals surface area (Å²) in [5, 5.41) is 0.